The smallest absolute Gasteiger partial charge is 0.0417 e. The van der Waals surface area contributed by atoms with Crippen LogP contribution in [0.25, 0.3) is 0 Å². The summed E-state index contributed by atoms with van der Waals surface area (Å²) in [5, 5.41) is 1.89. The second kappa shape index (κ2) is 5.90. The molecule has 0 saturated heterocycles. The third-order valence-electron chi connectivity index (χ3n) is 1.34. The maximum Gasteiger partial charge on any atom is 0.0417 e. The minimum Gasteiger partial charge on any atom is -0.126 e. The van der Waals surface area contributed by atoms with E-state index in [4.69, 9.17) is 11.6 Å². The quantitative estimate of drug-likeness (QED) is 0.446. The second-order valence-electron chi connectivity index (χ2n) is 2.35. The Morgan fingerprint density at radius 1 is 1.42 bits per heavy atom. The van der Waals surface area contributed by atoms with Crippen LogP contribution in [0.15, 0.2) is 29.2 Å². The first kappa shape index (κ1) is 10.4. The minimum absolute atomic E-state index is 0.818. The van der Waals surface area contributed by atoms with Gasteiger partial charge in [0, 0.05) is 15.2 Å². The zero-order valence-corrected chi connectivity index (χ0v) is 9.75. The van der Waals surface area contributed by atoms with E-state index in [1.165, 1.54) is 11.3 Å². The van der Waals surface area contributed by atoms with Crippen molar-refractivity contribution in [3.8, 4) is 0 Å². The molecule has 12 heavy (non-hydrogen) atoms. The summed E-state index contributed by atoms with van der Waals surface area (Å²) in [5.74, 6) is 1.14. The van der Waals surface area contributed by atoms with E-state index in [-0.39, 0.29) is 0 Å². The van der Waals surface area contributed by atoms with Gasteiger partial charge in [0.15, 0.2) is 0 Å². The highest BCUT2D eigenvalue weighted by Gasteiger charge is 1.93. The number of thioether (sulfide) groups is 1. The third-order valence-corrected chi connectivity index (χ3v) is 3.22. The van der Waals surface area contributed by atoms with Crippen LogP contribution in [-0.2, 0) is 0 Å². The Kier molecular flexibility index (Phi) is 5.12. The summed E-state index contributed by atoms with van der Waals surface area (Å²) in [7, 11) is 0. The fourth-order valence-corrected chi connectivity index (χ4v) is 2.62. The molecule has 0 aliphatic rings. The first-order chi connectivity index (χ1) is 5.83. The molecule has 0 aliphatic heterocycles. The molecule has 0 bridgehead atoms. The fraction of sp³-hybridized carbons (Fsp3) is 0.333. The highest BCUT2D eigenvalue weighted by Crippen LogP contribution is 2.22. The summed E-state index contributed by atoms with van der Waals surface area (Å²) in [5.41, 5.74) is 0. The van der Waals surface area contributed by atoms with Crippen molar-refractivity contribution in [2.75, 3.05) is 11.1 Å². The molecule has 0 aromatic heterocycles. The van der Waals surface area contributed by atoms with Crippen molar-refractivity contribution in [1.29, 1.82) is 0 Å². The van der Waals surface area contributed by atoms with E-state index in [9.17, 15) is 0 Å². The average Bonchev–Trinajstić information content (AvgIpc) is 2.05. The molecule has 0 heterocycles. The van der Waals surface area contributed by atoms with E-state index in [2.05, 4.69) is 22.0 Å². The lowest BCUT2D eigenvalue weighted by molar-refractivity contribution is 1.13. The van der Waals surface area contributed by atoms with Crippen LogP contribution in [0.3, 0.4) is 0 Å². The van der Waals surface area contributed by atoms with Crippen LogP contribution < -0.4 is 0 Å². The second-order valence-corrected chi connectivity index (χ2v) is 4.75. The molecule has 3 heteroatoms. The molecule has 66 valence electrons. The minimum atomic E-state index is 0.818. The first-order valence-corrected chi connectivity index (χ1v) is 6.26. The number of rotatable bonds is 4. The predicted molar refractivity (Wildman–Crippen MR) is 60.6 cm³/mol. The van der Waals surface area contributed by atoms with Crippen molar-refractivity contribution in [2.45, 2.75) is 11.3 Å². The first-order valence-electron chi connectivity index (χ1n) is 3.77. The molecular formula is C9H10BrClS. The van der Waals surface area contributed by atoms with Crippen LogP contribution >= 0.6 is 39.3 Å². The molecular weight excluding hydrogens is 256 g/mol. The summed E-state index contributed by atoms with van der Waals surface area (Å²) in [6.07, 6.45) is 1.19. The van der Waals surface area contributed by atoms with E-state index in [1.807, 2.05) is 30.0 Å². The van der Waals surface area contributed by atoms with E-state index in [0.717, 1.165) is 16.1 Å². The zero-order valence-electron chi connectivity index (χ0n) is 6.59. The van der Waals surface area contributed by atoms with Crippen molar-refractivity contribution >= 4 is 39.3 Å². The molecule has 0 nitrogen and oxygen atoms in total. The van der Waals surface area contributed by atoms with E-state index >= 15 is 0 Å². The van der Waals surface area contributed by atoms with Crippen LogP contribution in [-0.4, -0.2) is 11.1 Å². The normalized spacial score (nSPS) is 10.2. The molecule has 0 amide bonds. The zero-order chi connectivity index (χ0) is 8.81. The molecule has 1 aromatic rings. The Morgan fingerprint density at radius 3 is 2.92 bits per heavy atom. The van der Waals surface area contributed by atoms with Gasteiger partial charge < -0.3 is 0 Å². The maximum absolute atomic E-state index is 5.84. The van der Waals surface area contributed by atoms with Crippen LogP contribution in [0.4, 0.5) is 0 Å². The fourth-order valence-electron chi connectivity index (χ4n) is 0.801. The number of benzene rings is 1. The third kappa shape index (κ3) is 3.83. The lowest BCUT2D eigenvalue weighted by atomic mass is 10.4. The van der Waals surface area contributed by atoms with Gasteiger partial charge in [0.2, 0.25) is 0 Å². The Balaban J connectivity index is 2.41. The molecule has 0 radical (unpaired) electrons. The average molecular weight is 266 g/mol. The summed E-state index contributed by atoms with van der Waals surface area (Å²) < 4.78 is 0. The topological polar surface area (TPSA) is 0 Å². The Hall–Kier alpha value is 0.340. The number of halogens is 2. The number of hydrogen-bond donors (Lipinski definition) is 0. The molecule has 0 unspecified atom stereocenters. The van der Waals surface area contributed by atoms with Crippen molar-refractivity contribution in [3.05, 3.63) is 29.3 Å². The summed E-state index contributed by atoms with van der Waals surface area (Å²) in [6, 6.07) is 7.97. The summed E-state index contributed by atoms with van der Waals surface area (Å²) in [6.45, 7) is 0. The largest absolute Gasteiger partial charge is 0.126 e. The Bertz CT molecular complexity index is 240. The van der Waals surface area contributed by atoms with Gasteiger partial charge in [0.05, 0.1) is 0 Å². The molecule has 0 N–H and O–H groups in total. The molecule has 0 saturated carbocycles. The van der Waals surface area contributed by atoms with Crippen molar-refractivity contribution in [3.63, 3.8) is 0 Å². The van der Waals surface area contributed by atoms with Gasteiger partial charge >= 0.3 is 0 Å². The van der Waals surface area contributed by atoms with Crippen LogP contribution in [0.1, 0.15) is 6.42 Å². The molecule has 1 aromatic carbocycles. The van der Waals surface area contributed by atoms with Gasteiger partial charge in [-0.15, -0.1) is 11.8 Å². The van der Waals surface area contributed by atoms with Gasteiger partial charge in [-0.3, -0.25) is 0 Å². The van der Waals surface area contributed by atoms with Gasteiger partial charge in [0.25, 0.3) is 0 Å². The van der Waals surface area contributed by atoms with Crippen LogP contribution in [0.2, 0.25) is 5.02 Å². The Labute approximate surface area is 90.8 Å². The number of hydrogen-bond acceptors (Lipinski definition) is 1. The van der Waals surface area contributed by atoms with Gasteiger partial charge in [-0.1, -0.05) is 33.6 Å². The van der Waals surface area contributed by atoms with E-state index in [1.54, 1.807) is 0 Å². The standard InChI is InChI=1S/C9H10BrClS/c10-5-2-6-12-9-4-1-3-8(11)7-9/h1,3-4,7H,2,5-6H2. The number of alkyl halides is 1. The molecule has 1 rings (SSSR count). The monoisotopic (exact) mass is 264 g/mol. The molecule has 0 fully saturated rings. The van der Waals surface area contributed by atoms with Gasteiger partial charge in [-0.2, -0.15) is 0 Å². The van der Waals surface area contributed by atoms with Crippen LogP contribution in [0, 0.1) is 0 Å². The highest BCUT2D eigenvalue weighted by molar-refractivity contribution is 9.09. The van der Waals surface area contributed by atoms with Gasteiger partial charge in [-0.25, -0.2) is 0 Å². The lowest BCUT2D eigenvalue weighted by Gasteiger charge is -1.99. The molecule has 0 spiro atoms. The van der Waals surface area contributed by atoms with E-state index < -0.39 is 0 Å². The summed E-state index contributed by atoms with van der Waals surface area (Å²) >= 11 is 11.1. The lowest BCUT2D eigenvalue weighted by Crippen LogP contribution is -1.79. The van der Waals surface area contributed by atoms with Crippen molar-refractivity contribution in [2.24, 2.45) is 0 Å². The molecule has 0 atom stereocenters. The van der Waals surface area contributed by atoms with Gasteiger partial charge in [0.1, 0.15) is 0 Å². The predicted octanol–water partition coefficient (Wildman–Crippen LogP) is 4.22. The van der Waals surface area contributed by atoms with E-state index in [0.29, 0.717) is 0 Å². The maximum atomic E-state index is 5.84. The highest BCUT2D eigenvalue weighted by atomic mass is 79.9. The van der Waals surface area contributed by atoms with Gasteiger partial charge in [-0.05, 0) is 30.4 Å². The van der Waals surface area contributed by atoms with Crippen molar-refractivity contribution < 1.29 is 0 Å². The summed E-state index contributed by atoms with van der Waals surface area (Å²) in [4.78, 5) is 1.25. The van der Waals surface area contributed by atoms with Crippen molar-refractivity contribution in [1.82, 2.24) is 0 Å². The SMILES string of the molecule is Clc1cccc(SCCCBr)c1. The Morgan fingerprint density at radius 2 is 2.25 bits per heavy atom. The van der Waals surface area contributed by atoms with Crippen LogP contribution in [0.5, 0.6) is 0 Å². The molecule has 0 aliphatic carbocycles.